The first-order valence-corrected chi connectivity index (χ1v) is 6.13. The molecular formula is C12H15ClN4O. The van der Waals surface area contributed by atoms with Gasteiger partial charge in [-0.25, -0.2) is 9.97 Å². The lowest BCUT2D eigenvalue weighted by atomic mass is 10.2. The fraction of sp³-hybridized carbons (Fsp3) is 0.417. The van der Waals surface area contributed by atoms with Gasteiger partial charge in [0.2, 0.25) is 0 Å². The van der Waals surface area contributed by atoms with Crippen LogP contribution >= 0.6 is 11.6 Å². The van der Waals surface area contributed by atoms with Gasteiger partial charge in [0.05, 0.1) is 11.9 Å². The number of rotatable bonds is 4. The van der Waals surface area contributed by atoms with E-state index in [-0.39, 0.29) is 6.10 Å². The van der Waals surface area contributed by atoms with Gasteiger partial charge in [0, 0.05) is 31.5 Å². The van der Waals surface area contributed by atoms with Crippen molar-refractivity contribution in [2.24, 2.45) is 7.05 Å². The van der Waals surface area contributed by atoms with Crippen LogP contribution in [0.1, 0.15) is 25.8 Å². The molecule has 0 spiro atoms. The van der Waals surface area contributed by atoms with E-state index in [1.54, 1.807) is 16.9 Å². The van der Waals surface area contributed by atoms with Gasteiger partial charge in [0.15, 0.2) is 5.82 Å². The molecule has 6 heteroatoms. The smallest absolute Gasteiger partial charge is 0.159 e. The molecule has 1 unspecified atom stereocenters. The Labute approximate surface area is 111 Å². The van der Waals surface area contributed by atoms with E-state index in [4.69, 9.17) is 16.3 Å². The van der Waals surface area contributed by atoms with E-state index >= 15 is 0 Å². The summed E-state index contributed by atoms with van der Waals surface area (Å²) in [6.45, 7) is 4.45. The zero-order valence-electron chi connectivity index (χ0n) is 10.6. The second kappa shape index (κ2) is 5.46. The highest BCUT2D eigenvalue weighted by atomic mass is 35.5. The lowest BCUT2D eigenvalue weighted by molar-refractivity contribution is 0.0701. The Hall–Kier alpha value is -1.46. The summed E-state index contributed by atoms with van der Waals surface area (Å²) in [7, 11) is 1.86. The predicted octanol–water partition coefficient (Wildman–Crippen LogP) is 2.63. The van der Waals surface area contributed by atoms with Gasteiger partial charge in [-0.2, -0.15) is 5.10 Å². The number of nitrogens with zero attached hydrogens (tertiary/aromatic N) is 4. The molecule has 1 atom stereocenters. The van der Waals surface area contributed by atoms with Crippen molar-refractivity contribution in [3.63, 3.8) is 0 Å². The van der Waals surface area contributed by atoms with Crippen LogP contribution in [0, 0.1) is 0 Å². The third-order valence-corrected chi connectivity index (χ3v) is 2.69. The highest BCUT2D eigenvalue weighted by Crippen LogP contribution is 2.22. The van der Waals surface area contributed by atoms with Crippen LogP contribution in [-0.2, 0) is 11.8 Å². The first-order chi connectivity index (χ1) is 8.60. The van der Waals surface area contributed by atoms with E-state index in [9.17, 15) is 0 Å². The first kappa shape index (κ1) is 13.0. The lowest BCUT2D eigenvalue weighted by Gasteiger charge is -2.11. The zero-order valence-corrected chi connectivity index (χ0v) is 11.3. The Balaban J connectivity index is 2.37. The van der Waals surface area contributed by atoms with E-state index in [1.165, 1.54) is 0 Å². The van der Waals surface area contributed by atoms with Crippen molar-refractivity contribution in [1.82, 2.24) is 19.7 Å². The van der Waals surface area contributed by atoms with Gasteiger partial charge in [0.25, 0.3) is 0 Å². The van der Waals surface area contributed by atoms with E-state index in [2.05, 4.69) is 15.1 Å². The summed E-state index contributed by atoms with van der Waals surface area (Å²) >= 11 is 6.02. The van der Waals surface area contributed by atoms with Crippen molar-refractivity contribution in [3.05, 3.63) is 29.4 Å². The molecule has 0 aliphatic rings. The van der Waals surface area contributed by atoms with E-state index in [0.717, 1.165) is 11.3 Å². The fourth-order valence-electron chi connectivity index (χ4n) is 1.64. The van der Waals surface area contributed by atoms with E-state index in [1.807, 2.05) is 27.1 Å². The average Bonchev–Trinajstić information content (AvgIpc) is 2.75. The highest BCUT2D eigenvalue weighted by molar-refractivity contribution is 6.29. The van der Waals surface area contributed by atoms with E-state index < -0.39 is 0 Å². The second-order valence-corrected chi connectivity index (χ2v) is 4.32. The summed E-state index contributed by atoms with van der Waals surface area (Å²) in [4.78, 5) is 8.65. The minimum absolute atomic E-state index is 0.177. The predicted molar refractivity (Wildman–Crippen MR) is 69.3 cm³/mol. The molecule has 0 aliphatic carbocycles. The third kappa shape index (κ3) is 2.86. The Bertz CT molecular complexity index is 541. The van der Waals surface area contributed by atoms with Crippen LogP contribution < -0.4 is 0 Å². The van der Waals surface area contributed by atoms with Gasteiger partial charge < -0.3 is 4.74 Å². The summed E-state index contributed by atoms with van der Waals surface area (Å²) in [6.07, 6.45) is 3.45. The van der Waals surface area contributed by atoms with Crippen LogP contribution in [0.3, 0.4) is 0 Å². The molecule has 0 aromatic carbocycles. The normalized spacial score (nSPS) is 12.7. The Kier molecular flexibility index (Phi) is 3.93. The summed E-state index contributed by atoms with van der Waals surface area (Å²) < 4.78 is 7.19. The lowest BCUT2D eigenvalue weighted by Crippen LogP contribution is -2.06. The van der Waals surface area contributed by atoms with Gasteiger partial charge in [-0.05, 0) is 13.8 Å². The largest absolute Gasteiger partial charge is 0.371 e. The monoisotopic (exact) mass is 266 g/mol. The van der Waals surface area contributed by atoms with Crippen LogP contribution in [0.25, 0.3) is 11.3 Å². The van der Waals surface area contributed by atoms with Crippen LogP contribution in [0.5, 0.6) is 0 Å². The molecule has 0 fully saturated rings. The third-order valence-electron chi connectivity index (χ3n) is 2.49. The quantitative estimate of drug-likeness (QED) is 0.799. The zero-order chi connectivity index (χ0) is 13.1. The maximum atomic E-state index is 6.02. The molecule has 2 aromatic heterocycles. The van der Waals surface area contributed by atoms with Crippen LogP contribution in [0.2, 0.25) is 5.15 Å². The van der Waals surface area contributed by atoms with Crippen LogP contribution in [0.4, 0.5) is 0 Å². The van der Waals surface area contributed by atoms with Gasteiger partial charge in [-0.15, -0.1) is 0 Å². The highest BCUT2D eigenvalue weighted by Gasteiger charge is 2.12. The minimum atomic E-state index is -0.177. The summed E-state index contributed by atoms with van der Waals surface area (Å²) in [6, 6.07) is 1.72. The van der Waals surface area contributed by atoms with Crippen molar-refractivity contribution >= 4 is 11.6 Å². The molecule has 0 saturated carbocycles. The SMILES string of the molecule is CCOC(C)c1nc(Cl)cc(-c2cnn(C)c2)n1. The van der Waals surface area contributed by atoms with Crippen molar-refractivity contribution in [1.29, 1.82) is 0 Å². The van der Waals surface area contributed by atoms with E-state index in [0.29, 0.717) is 17.6 Å². The van der Waals surface area contributed by atoms with Gasteiger partial charge >= 0.3 is 0 Å². The first-order valence-electron chi connectivity index (χ1n) is 5.75. The molecule has 0 amide bonds. The standard InChI is InChI=1S/C12H15ClN4O/c1-4-18-8(2)12-15-10(5-11(13)16-12)9-6-14-17(3)7-9/h5-8H,4H2,1-3H3. The molecule has 0 radical (unpaired) electrons. The van der Waals surface area contributed by atoms with Gasteiger partial charge in [0.1, 0.15) is 11.3 Å². The molecule has 2 heterocycles. The molecule has 5 nitrogen and oxygen atoms in total. The maximum Gasteiger partial charge on any atom is 0.159 e. The van der Waals surface area contributed by atoms with Crippen molar-refractivity contribution in [2.45, 2.75) is 20.0 Å². The number of ether oxygens (including phenoxy) is 1. The molecule has 18 heavy (non-hydrogen) atoms. The summed E-state index contributed by atoms with van der Waals surface area (Å²) in [5.74, 6) is 0.586. The molecule has 0 aliphatic heterocycles. The fourth-order valence-corrected chi connectivity index (χ4v) is 1.83. The van der Waals surface area contributed by atoms with Crippen molar-refractivity contribution in [2.75, 3.05) is 6.61 Å². The number of hydrogen-bond donors (Lipinski definition) is 0. The topological polar surface area (TPSA) is 52.8 Å². The van der Waals surface area contributed by atoms with Crippen LogP contribution in [0.15, 0.2) is 18.5 Å². The van der Waals surface area contributed by atoms with Crippen LogP contribution in [-0.4, -0.2) is 26.4 Å². The number of halogens is 1. The Morgan fingerprint density at radius 2 is 2.22 bits per heavy atom. The average molecular weight is 267 g/mol. The molecule has 0 saturated heterocycles. The Morgan fingerprint density at radius 1 is 1.44 bits per heavy atom. The molecular weight excluding hydrogens is 252 g/mol. The Morgan fingerprint density at radius 3 is 2.83 bits per heavy atom. The molecule has 0 bridgehead atoms. The summed E-state index contributed by atoms with van der Waals surface area (Å²) in [5.41, 5.74) is 1.66. The molecule has 2 rings (SSSR count). The van der Waals surface area contributed by atoms with Gasteiger partial charge in [-0.3, -0.25) is 4.68 Å². The maximum absolute atomic E-state index is 6.02. The molecule has 2 aromatic rings. The number of hydrogen-bond acceptors (Lipinski definition) is 4. The van der Waals surface area contributed by atoms with Crippen molar-refractivity contribution < 1.29 is 4.74 Å². The van der Waals surface area contributed by atoms with Gasteiger partial charge in [-0.1, -0.05) is 11.6 Å². The number of aromatic nitrogens is 4. The minimum Gasteiger partial charge on any atom is -0.371 e. The number of aryl methyl sites for hydroxylation is 1. The molecule has 0 N–H and O–H groups in total. The second-order valence-electron chi connectivity index (χ2n) is 3.93. The molecule has 96 valence electrons. The summed E-state index contributed by atoms with van der Waals surface area (Å²) in [5, 5.41) is 4.52. The van der Waals surface area contributed by atoms with Crippen molar-refractivity contribution in [3.8, 4) is 11.3 Å².